The molecular weight excluding hydrogens is 510 g/mol. The van der Waals surface area contributed by atoms with E-state index < -0.39 is 5.79 Å². The first-order valence-electron chi connectivity index (χ1n) is 12.5. The predicted octanol–water partition coefficient (Wildman–Crippen LogP) is 4.06. The number of rotatable bonds is 5. The average molecular weight is 538 g/mol. The third-order valence-corrected chi connectivity index (χ3v) is 7.06. The van der Waals surface area contributed by atoms with E-state index in [2.05, 4.69) is 25.2 Å². The summed E-state index contributed by atoms with van der Waals surface area (Å²) < 4.78 is 17.0. The van der Waals surface area contributed by atoms with Crippen molar-refractivity contribution in [3.8, 4) is 17.1 Å². The van der Waals surface area contributed by atoms with E-state index >= 15 is 0 Å². The third-order valence-electron chi connectivity index (χ3n) is 6.77. The van der Waals surface area contributed by atoms with Gasteiger partial charge in [-0.3, -0.25) is 15.2 Å². The van der Waals surface area contributed by atoms with Crippen molar-refractivity contribution >= 4 is 35.0 Å². The highest BCUT2D eigenvalue weighted by Crippen LogP contribution is 2.43. The fourth-order valence-electron chi connectivity index (χ4n) is 5.03. The molecule has 2 atom stereocenters. The summed E-state index contributed by atoms with van der Waals surface area (Å²) in [5.41, 5.74) is 3.15. The van der Waals surface area contributed by atoms with Crippen molar-refractivity contribution in [3.63, 3.8) is 0 Å². The summed E-state index contributed by atoms with van der Waals surface area (Å²) in [7, 11) is 0. The first-order chi connectivity index (χ1) is 18.3. The quantitative estimate of drug-likeness (QED) is 0.514. The molecule has 0 aromatic carbocycles. The molecule has 3 aromatic rings. The molecule has 198 valence electrons. The monoisotopic (exact) mass is 537 g/mol. The summed E-state index contributed by atoms with van der Waals surface area (Å²) >= 11 is 6.66. The molecule has 0 spiro atoms. The number of nitrogens with zero attached hydrogens (tertiary/aromatic N) is 6. The normalized spacial score (nSPS) is 21.4. The van der Waals surface area contributed by atoms with Crippen LogP contribution in [0.1, 0.15) is 26.0 Å². The van der Waals surface area contributed by atoms with E-state index in [-0.39, 0.29) is 18.2 Å². The van der Waals surface area contributed by atoms with Crippen LogP contribution in [0.25, 0.3) is 11.3 Å². The van der Waals surface area contributed by atoms with Gasteiger partial charge in [0.15, 0.2) is 17.4 Å². The lowest BCUT2D eigenvalue weighted by atomic mass is 10.1. The summed E-state index contributed by atoms with van der Waals surface area (Å²) in [4.78, 5) is 35.2. The molecule has 3 aliphatic heterocycles. The smallest absolute Gasteiger partial charge is 0.329 e. The van der Waals surface area contributed by atoms with E-state index in [1.807, 2.05) is 39.0 Å². The molecule has 2 amide bonds. The zero-order valence-corrected chi connectivity index (χ0v) is 22.1. The Morgan fingerprint density at radius 3 is 2.87 bits per heavy atom. The minimum atomic E-state index is -0.616. The Morgan fingerprint density at radius 1 is 1.26 bits per heavy atom. The van der Waals surface area contributed by atoms with Crippen LogP contribution in [0, 0.1) is 6.92 Å². The van der Waals surface area contributed by atoms with Crippen molar-refractivity contribution in [2.24, 2.45) is 0 Å². The van der Waals surface area contributed by atoms with Gasteiger partial charge >= 0.3 is 6.03 Å². The molecular formula is C26H28ClN7O4. The molecule has 3 aromatic heterocycles. The average Bonchev–Trinajstić information content (AvgIpc) is 3.47. The van der Waals surface area contributed by atoms with Gasteiger partial charge in [0, 0.05) is 30.5 Å². The maximum absolute atomic E-state index is 13.5. The van der Waals surface area contributed by atoms with Crippen molar-refractivity contribution in [2.75, 3.05) is 41.4 Å². The number of nitrogens with one attached hydrogen (secondary N) is 1. The standard InChI is InChI=1S/C26H28ClN7O4/c1-15-8-16(4-6-28-15)23-19(27)9-20-24(32-23)34(17-5-7-33(20)12-17)25(35)31-21-10-30-22(11-29-21)36-13-18-14-37-26(2,3)38-18/h4,6,8-11,17-18H,5,7,12-14H2,1-3H3,(H,29,31,35)/t17-,18-/m0/s1. The Bertz CT molecular complexity index is 1370. The molecule has 6 heterocycles. The molecule has 2 bridgehead atoms. The van der Waals surface area contributed by atoms with Gasteiger partial charge in [0.2, 0.25) is 5.88 Å². The van der Waals surface area contributed by atoms with Gasteiger partial charge in [-0.15, -0.1) is 0 Å². The Labute approximate surface area is 225 Å². The Morgan fingerprint density at radius 2 is 2.13 bits per heavy atom. The lowest BCUT2D eigenvalue weighted by Gasteiger charge is -2.36. The second-order valence-corrected chi connectivity index (χ2v) is 10.4. The number of anilines is 3. The molecule has 0 aliphatic carbocycles. The number of urea groups is 1. The number of ether oxygens (including phenoxy) is 3. The van der Waals surface area contributed by atoms with Gasteiger partial charge in [0.1, 0.15) is 12.7 Å². The van der Waals surface area contributed by atoms with Crippen LogP contribution in [0.15, 0.2) is 36.8 Å². The number of hydrogen-bond acceptors (Lipinski definition) is 9. The third kappa shape index (κ3) is 4.84. The van der Waals surface area contributed by atoms with E-state index in [4.69, 9.17) is 30.8 Å². The zero-order chi connectivity index (χ0) is 26.4. The molecule has 11 nitrogen and oxygen atoms in total. The molecule has 0 saturated carbocycles. The fourth-order valence-corrected chi connectivity index (χ4v) is 5.28. The number of pyridine rings is 2. The summed E-state index contributed by atoms with van der Waals surface area (Å²) in [5.74, 6) is 0.597. The summed E-state index contributed by atoms with van der Waals surface area (Å²) in [6.07, 6.45) is 5.31. The van der Waals surface area contributed by atoms with E-state index in [1.54, 1.807) is 11.1 Å². The van der Waals surface area contributed by atoms with Crippen LogP contribution in [0.3, 0.4) is 0 Å². The molecule has 0 unspecified atom stereocenters. The predicted molar refractivity (Wildman–Crippen MR) is 142 cm³/mol. The number of aromatic nitrogens is 4. The van der Waals surface area contributed by atoms with E-state index in [9.17, 15) is 4.79 Å². The SMILES string of the molecule is Cc1cc(-c2nc3c(cc2Cl)N2CC[C@@H](C2)N3C(=O)Nc2cnc(OC[C@H]3COC(C)(C)O3)cn2)ccn1. The minimum Gasteiger partial charge on any atom is -0.474 e. The lowest BCUT2D eigenvalue weighted by molar-refractivity contribution is -0.141. The Balaban J connectivity index is 1.20. The highest BCUT2D eigenvalue weighted by Gasteiger charge is 2.41. The van der Waals surface area contributed by atoms with Crippen LogP contribution in [0.5, 0.6) is 5.88 Å². The number of fused-ring (bicyclic) bond motifs is 4. The van der Waals surface area contributed by atoms with Crippen molar-refractivity contribution in [3.05, 3.63) is 47.5 Å². The first-order valence-corrected chi connectivity index (χ1v) is 12.9. The largest absolute Gasteiger partial charge is 0.474 e. The minimum absolute atomic E-state index is 0.0170. The van der Waals surface area contributed by atoms with Crippen molar-refractivity contribution in [1.29, 1.82) is 0 Å². The molecule has 0 radical (unpaired) electrons. The molecule has 2 fully saturated rings. The second kappa shape index (κ2) is 9.64. The summed E-state index contributed by atoms with van der Waals surface area (Å²) in [6, 6.07) is 5.34. The van der Waals surface area contributed by atoms with Gasteiger partial charge < -0.3 is 19.1 Å². The van der Waals surface area contributed by atoms with Gasteiger partial charge in [-0.2, -0.15) is 0 Å². The Kier molecular flexibility index (Phi) is 6.29. The first kappa shape index (κ1) is 24.8. The zero-order valence-electron chi connectivity index (χ0n) is 21.3. The van der Waals surface area contributed by atoms with Crippen LogP contribution in [-0.4, -0.2) is 70.2 Å². The van der Waals surface area contributed by atoms with Crippen molar-refractivity contribution in [2.45, 2.75) is 45.1 Å². The number of hydrogen-bond donors (Lipinski definition) is 1. The maximum atomic E-state index is 13.5. The fraction of sp³-hybridized carbons (Fsp3) is 0.423. The highest BCUT2D eigenvalue weighted by atomic mass is 35.5. The second-order valence-electron chi connectivity index (χ2n) is 10.0. The van der Waals surface area contributed by atoms with Gasteiger partial charge in [-0.25, -0.2) is 19.7 Å². The molecule has 1 N–H and O–H groups in total. The number of halogens is 1. The highest BCUT2D eigenvalue weighted by molar-refractivity contribution is 6.33. The lowest BCUT2D eigenvalue weighted by Crippen LogP contribution is -2.48. The van der Waals surface area contributed by atoms with E-state index in [1.165, 1.54) is 12.4 Å². The molecule has 3 aliphatic rings. The van der Waals surface area contributed by atoms with Gasteiger partial charge in [0.05, 0.1) is 41.4 Å². The number of carbonyl (C=O) groups is 1. The van der Waals surface area contributed by atoms with Crippen LogP contribution in [0.4, 0.5) is 22.1 Å². The number of carbonyl (C=O) groups excluding carboxylic acids is 1. The van der Waals surface area contributed by atoms with Gasteiger partial charge in [-0.1, -0.05) is 11.6 Å². The van der Waals surface area contributed by atoms with E-state index in [0.29, 0.717) is 48.0 Å². The number of amides is 2. The molecule has 12 heteroatoms. The van der Waals surface area contributed by atoms with Crippen LogP contribution in [-0.2, 0) is 9.47 Å². The molecule has 38 heavy (non-hydrogen) atoms. The molecule has 2 saturated heterocycles. The summed E-state index contributed by atoms with van der Waals surface area (Å²) in [6.45, 7) is 7.92. The van der Waals surface area contributed by atoms with Gasteiger partial charge in [-0.05, 0) is 45.4 Å². The van der Waals surface area contributed by atoms with Crippen molar-refractivity contribution in [1.82, 2.24) is 19.9 Å². The van der Waals surface area contributed by atoms with Crippen LogP contribution < -0.4 is 19.9 Å². The summed E-state index contributed by atoms with van der Waals surface area (Å²) in [5, 5.41) is 3.39. The maximum Gasteiger partial charge on any atom is 0.329 e. The van der Waals surface area contributed by atoms with Crippen LogP contribution >= 0.6 is 11.6 Å². The Hall–Kier alpha value is -3.54. The van der Waals surface area contributed by atoms with Crippen LogP contribution in [0.2, 0.25) is 5.02 Å². The number of aryl methyl sites for hydroxylation is 1. The van der Waals surface area contributed by atoms with Crippen molar-refractivity contribution < 1.29 is 19.0 Å². The van der Waals surface area contributed by atoms with E-state index in [0.717, 1.165) is 29.9 Å². The molecule has 6 rings (SSSR count). The van der Waals surface area contributed by atoms with Gasteiger partial charge in [0.25, 0.3) is 0 Å². The topological polar surface area (TPSA) is 115 Å².